The Morgan fingerprint density at radius 1 is 1.33 bits per heavy atom. The lowest BCUT2D eigenvalue weighted by molar-refractivity contribution is -0.127. The number of nitriles is 1. The molecule has 0 aliphatic heterocycles. The van der Waals surface area contributed by atoms with Crippen LogP contribution in [0.2, 0.25) is 0 Å². The van der Waals surface area contributed by atoms with Crippen molar-refractivity contribution in [1.82, 2.24) is 5.01 Å². The Kier molecular flexibility index (Phi) is 7.11. The average Bonchev–Trinajstić information content (AvgIpc) is 2.34. The third-order valence-corrected chi connectivity index (χ3v) is 3.01. The normalized spacial score (nSPS) is 12.1. The van der Waals surface area contributed by atoms with Crippen molar-refractivity contribution >= 4 is 5.91 Å². The van der Waals surface area contributed by atoms with Crippen molar-refractivity contribution in [3.63, 3.8) is 0 Å². The van der Waals surface area contributed by atoms with E-state index in [0.717, 1.165) is 17.0 Å². The van der Waals surface area contributed by atoms with Crippen LogP contribution in [0.4, 0.5) is 0 Å². The summed E-state index contributed by atoms with van der Waals surface area (Å²) in [5.74, 6) is 5.34. The lowest BCUT2D eigenvalue weighted by Crippen LogP contribution is -2.40. The van der Waals surface area contributed by atoms with E-state index in [1.54, 1.807) is 6.92 Å². The molecule has 0 aliphatic rings. The highest BCUT2D eigenvalue weighted by Gasteiger charge is 2.20. The predicted molar refractivity (Wildman–Crippen MR) is 86.9 cm³/mol. The van der Waals surface area contributed by atoms with Crippen LogP contribution in [0.3, 0.4) is 0 Å². The van der Waals surface area contributed by atoms with E-state index in [2.05, 4.69) is 27.4 Å². The molecule has 0 radical (unpaired) electrons. The van der Waals surface area contributed by atoms with Crippen LogP contribution in [-0.2, 0) is 4.79 Å². The molecule has 0 fully saturated rings. The third kappa shape index (κ3) is 6.92. The van der Waals surface area contributed by atoms with Gasteiger partial charge in [0.15, 0.2) is 0 Å². The summed E-state index contributed by atoms with van der Waals surface area (Å²) in [4.78, 5) is 12.3. The molecule has 0 saturated heterocycles. The molecule has 4 nitrogen and oxygen atoms in total. The van der Waals surface area contributed by atoms with Crippen molar-refractivity contribution in [1.29, 1.82) is 5.26 Å². The summed E-state index contributed by atoms with van der Waals surface area (Å²) in [6.07, 6.45) is 2.61. The average molecular weight is 289 g/mol. The SMILES string of the molecule is C=C(C=C(C)C)/C(C)=C(/C#N)C(=O)N(N)CCC(C)(C)C. The quantitative estimate of drug-likeness (QED) is 0.210. The maximum Gasteiger partial charge on any atom is 0.278 e. The molecule has 0 atom stereocenters. The van der Waals surface area contributed by atoms with E-state index in [1.807, 2.05) is 26.0 Å². The van der Waals surface area contributed by atoms with E-state index in [-0.39, 0.29) is 11.0 Å². The zero-order chi connectivity index (χ0) is 16.8. The van der Waals surface area contributed by atoms with Crippen molar-refractivity contribution in [2.45, 2.75) is 48.0 Å². The fourth-order valence-electron chi connectivity index (χ4n) is 1.61. The number of amides is 1. The van der Waals surface area contributed by atoms with Gasteiger partial charge >= 0.3 is 0 Å². The monoisotopic (exact) mass is 289 g/mol. The maximum absolute atomic E-state index is 12.3. The van der Waals surface area contributed by atoms with Crippen LogP contribution in [0, 0.1) is 16.7 Å². The lowest BCUT2D eigenvalue weighted by atomic mass is 9.92. The Bertz CT molecular complexity index is 509. The first kappa shape index (κ1) is 19.1. The van der Waals surface area contributed by atoms with Crippen molar-refractivity contribution in [3.8, 4) is 6.07 Å². The number of hydrogen-bond donors (Lipinski definition) is 1. The van der Waals surface area contributed by atoms with Gasteiger partial charge in [0, 0.05) is 6.54 Å². The number of allylic oxidation sites excluding steroid dienone is 4. The second-order valence-corrected chi connectivity index (χ2v) is 6.67. The van der Waals surface area contributed by atoms with Crippen molar-refractivity contribution in [2.24, 2.45) is 11.3 Å². The zero-order valence-corrected chi connectivity index (χ0v) is 14.1. The number of nitrogens with zero attached hydrogens (tertiary/aromatic N) is 2. The standard InChI is InChI=1S/C17H27N3O/c1-12(2)10-13(3)14(4)15(11-18)16(21)20(19)9-8-17(5,6)7/h10H,3,8-9,19H2,1-2,4-7H3/b15-14-. The van der Waals surface area contributed by atoms with Crippen LogP contribution in [0.25, 0.3) is 0 Å². The highest BCUT2D eigenvalue weighted by atomic mass is 16.2. The van der Waals surface area contributed by atoms with Gasteiger partial charge in [-0.15, -0.1) is 0 Å². The third-order valence-electron chi connectivity index (χ3n) is 3.01. The summed E-state index contributed by atoms with van der Waals surface area (Å²) < 4.78 is 0. The van der Waals surface area contributed by atoms with Crippen LogP contribution in [0.5, 0.6) is 0 Å². The summed E-state index contributed by atoms with van der Waals surface area (Å²) in [5.41, 5.74) is 2.41. The first-order chi connectivity index (χ1) is 9.49. The Labute approximate surface area is 128 Å². The highest BCUT2D eigenvalue weighted by molar-refractivity contribution is 5.98. The molecule has 116 valence electrons. The molecule has 4 heteroatoms. The van der Waals surface area contributed by atoms with Crippen LogP contribution < -0.4 is 5.84 Å². The Hall–Kier alpha value is -1.86. The molecule has 0 aromatic carbocycles. The lowest BCUT2D eigenvalue weighted by Gasteiger charge is -2.23. The Morgan fingerprint density at radius 2 is 1.86 bits per heavy atom. The van der Waals surface area contributed by atoms with Crippen molar-refractivity contribution < 1.29 is 4.79 Å². The molecular formula is C17H27N3O. The zero-order valence-electron chi connectivity index (χ0n) is 14.1. The second-order valence-electron chi connectivity index (χ2n) is 6.67. The molecule has 0 spiro atoms. The minimum absolute atomic E-state index is 0.0499. The molecule has 0 saturated carbocycles. The number of hydrogen-bond acceptors (Lipinski definition) is 3. The van der Waals surface area contributed by atoms with Gasteiger partial charge in [-0.25, -0.2) is 5.84 Å². The van der Waals surface area contributed by atoms with Crippen LogP contribution in [0.15, 0.2) is 34.9 Å². The highest BCUT2D eigenvalue weighted by Crippen LogP contribution is 2.20. The minimum Gasteiger partial charge on any atom is -0.276 e. The van der Waals surface area contributed by atoms with Gasteiger partial charge in [-0.1, -0.05) is 39.0 Å². The van der Waals surface area contributed by atoms with Crippen molar-refractivity contribution in [3.05, 3.63) is 34.9 Å². The predicted octanol–water partition coefficient (Wildman–Crippen LogP) is 3.49. The Morgan fingerprint density at radius 3 is 2.24 bits per heavy atom. The van der Waals surface area contributed by atoms with Gasteiger partial charge in [-0.05, 0) is 43.8 Å². The van der Waals surface area contributed by atoms with E-state index in [0.29, 0.717) is 17.7 Å². The first-order valence-electron chi connectivity index (χ1n) is 7.01. The number of nitrogens with two attached hydrogens (primary N) is 1. The minimum atomic E-state index is -0.456. The van der Waals surface area contributed by atoms with Gasteiger partial charge < -0.3 is 0 Å². The van der Waals surface area contributed by atoms with Gasteiger partial charge in [-0.2, -0.15) is 5.26 Å². The van der Waals surface area contributed by atoms with Crippen LogP contribution >= 0.6 is 0 Å². The van der Waals surface area contributed by atoms with E-state index >= 15 is 0 Å². The van der Waals surface area contributed by atoms with E-state index in [1.165, 1.54) is 0 Å². The van der Waals surface area contributed by atoms with Crippen LogP contribution in [-0.4, -0.2) is 17.5 Å². The van der Waals surface area contributed by atoms with Crippen LogP contribution in [0.1, 0.15) is 48.0 Å². The van der Waals surface area contributed by atoms with Gasteiger partial charge in [0.2, 0.25) is 0 Å². The van der Waals surface area contributed by atoms with Crippen molar-refractivity contribution in [2.75, 3.05) is 6.54 Å². The fourth-order valence-corrected chi connectivity index (χ4v) is 1.61. The van der Waals surface area contributed by atoms with E-state index < -0.39 is 5.91 Å². The summed E-state index contributed by atoms with van der Waals surface area (Å²) >= 11 is 0. The molecule has 0 aromatic rings. The smallest absolute Gasteiger partial charge is 0.276 e. The molecule has 0 aromatic heterocycles. The molecular weight excluding hydrogens is 262 g/mol. The number of carbonyl (C=O) groups excluding carboxylic acids is 1. The van der Waals surface area contributed by atoms with E-state index in [9.17, 15) is 10.1 Å². The van der Waals surface area contributed by atoms with Gasteiger partial charge in [-0.3, -0.25) is 9.80 Å². The summed E-state index contributed by atoms with van der Waals surface area (Å²) in [6, 6.07) is 1.95. The topological polar surface area (TPSA) is 70.1 Å². The first-order valence-corrected chi connectivity index (χ1v) is 7.01. The molecule has 0 heterocycles. The maximum atomic E-state index is 12.3. The Balaban J connectivity index is 5.20. The number of hydrazine groups is 1. The summed E-state index contributed by atoms with van der Waals surface area (Å²) in [7, 11) is 0. The molecule has 0 rings (SSSR count). The molecule has 1 amide bonds. The summed E-state index contributed by atoms with van der Waals surface area (Å²) in [5, 5.41) is 10.4. The largest absolute Gasteiger partial charge is 0.278 e. The molecule has 2 N–H and O–H groups in total. The number of carbonyl (C=O) groups is 1. The number of rotatable bonds is 5. The van der Waals surface area contributed by atoms with E-state index in [4.69, 9.17) is 5.84 Å². The second kappa shape index (κ2) is 7.80. The molecule has 0 aliphatic carbocycles. The van der Waals surface area contributed by atoms with Gasteiger partial charge in [0.05, 0.1) is 0 Å². The molecule has 0 bridgehead atoms. The van der Waals surface area contributed by atoms with Gasteiger partial charge in [0.25, 0.3) is 5.91 Å². The summed E-state index contributed by atoms with van der Waals surface area (Å²) in [6.45, 7) is 16.1. The molecule has 0 unspecified atom stereocenters. The fraction of sp³-hybridized carbons (Fsp3) is 0.529. The molecule has 21 heavy (non-hydrogen) atoms. The van der Waals surface area contributed by atoms with Gasteiger partial charge in [0.1, 0.15) is 11.6 Å².